The van der Waals surface area contributed by atoms with Crippen molar-refractivity contribution in [2.45, 2.75) is 37.8 Å². The number of rotatable bonds is 11. The highest BCUT2D eigenvalue weighted by molar-refractivity contribution is 5.95. The van der Waals surface area contributed by atoms with Gasteiger partial charge in [-0.05, 0) is 54.3 Å². The van der Waals surface area contributed by atoms with Crippen molar-refractivity contribution in [3.05, 3.63) is 82.4 Å². The number of amides is 2. The van der Waals surface area contributed by atoms with E-state index < -0.39 is 17.0 Å². The molecule has 0 fully saturated rings. The van der Waals surface area contributed by atoms with Gasteiger partial charge >= 0.3 is 0 Å². The zero-order chi connectivity index (χ0) is 24.5. The van der Waals surface area contributed by atoms with Crippen LogP contribution in [0.2, 0.25) is 0 Å². The zero-order valence-corrected chi connectivity index (χ0v) is 18.8. The number of fused-ring (bicyclic) bond motifs is 1. The highest BCUT2D eigenvalue weighted by Crippen LogP contribution is 2.20. The summed E-state index contributed by atoms with van der Waals surface area (Å²) in [6.07, 6.45) is 1.39. The van der Waals surface area contributed by atoms with Crippen LogP contribution in [0.1, 0.15) is 24.8 Å². The molecule has 3 rings (SSSR count). The third kappa shape index (κ3) is 7.09. The minimum atomic E-state index is -0.730. The molecule has 3 aromatic carbocycles. The second-order valence-corrected chi connectivity index (χ2v) is 8.18. The maximum absolute atomic E-state index is 12.8. The quantitative estimate of drug-likeness (QED) is 0.253. The molecule has 3 aromatic rings. The second kappa shape index (κ2) is 11.9. The van der Waals surface area contributed by atoms with Gasteiger partial charge in [0, 0.05) is 30.3 Å². The molecule has 178 valence electrons. The Bertz CT molecular complexity index is 1150. The highest BCUT2D eigenvalue weighted by atomic mass is 16.6. The number of nitro benzene ring substituents is 1. The third-order valence-electron chi connectivity index (χ3n) is 5.50. The first kappa shape index (κ1) is 24.8. The number of nitrogens with one attached hydrogen (secondary N) is 2. The number of carbonyl (C=O) groups is 2. The largest absolute Gasteiger partial charge is 0.351 e. The number of nitro groups is 1. The molecule has 2 atom stereocenters. The number of non-ortho nitro benzene ring substituents is 1. The minimum Gasteiger partial charge on any atom is -0.351 e. The van der Waals surface area contributed by atoms with E-state index in [0.717, 1.165) is 16.3 Å². The van der Waals surface area contributed by atoms with Crippen LogP contribution in [0.4, 0.5) is 11.4 Å². The first-order valence-corrected chi connectivity index (χ1v) is 11.1. The van der Waals surface area contributed by atoms with Gasteiger partial charge in [-0.15, -0.1) is 0 Å². The number of hydrogen-bond donors (Lipinski definition) is 4. The van der Waals surface area contributed by atoms with Crippen molar-refractivity contribution in [1.29, 1.82) is 0 Å². The van der Waals surface area contributed by atoms with Gasteiger partial charge in [0.1, 0.15) is 0 Å². The van der Waals surface area contributed by atoms with Crippen molar-refractivity contribution in [2.75, 3.05) is 11.9 Å². The average molecular weight is 464 g/mol. The van der Waals surface area contributed by atoms with E-state index >= 15 is 0 Å². The summed E-state index contributed by atoms with van der Waals surface area (Å²) in [4.78, 5) is 35.8. The van der Waals surface area contributed by atoms with Crippen molar-refractivity contribution < 1.29 is 14.5 Å². The molecule has 0 radical (unpaired) electrons. The van der Waals surface area contributed by atoms with Crippen LogP contribution in [-0.2, 0) is 16.0 Å². The van der Waals surface area contributed by atoms with Gasteiger partial charge in [0.25, 0.3) is 5.69 Å². The molecule has 0 spiro atoms. The molecule has 9 nitrogen and oxygen atoms in total. The monoisotopic (exact) mass is 463 g/mol. The lowest BCUT2D eigenvalue weighted by Gasteiger charge is -2.21. The number of carbonyl (C=O) groups excluding carboxylic acids is 2. The Hall–Kier alpha value is -3.82. The van der Waals surface area contributed by atoms with Crippen molar-refractivity contribution in [1.82, 2.24) is 5.32 Å². The maximum atomic E-state index is 12.8. The normalized spacial score (nSPS) is 12.6. The SMILES string of the molecule is NCCC[C@H](N)C(=O)N[C@H](CC(=O)Nc1ccc2ccccc2c1)Cc1ccc([N+](=O)[O-])cc1. The number of anilines is 1. The lowest BCUT2D eigenvalue weighted by Crippen LogP contribution is -2.47. The van der Waals surface area contributed by atoms with E-state index in [-0.39, 0.29) is 23.9 Å². The fraction of sp³-hybridized carbons (Fsp3) is 0.280. The standard InChI is InChI=1S/C25H29N5O4/c26-13-3-6-23(27)25(32)29-21(14-17-7-11-22(12-8-17)30(33)34)16-24(31)28-20-10-9-18-4-1-2-5-19(18)15-20/h1-2,4-5,7-12,15,21,23H,3,6,13-14,16,26-27H2,(H,28,31)(H,29,32)/t21-,23-/m0/s1. The molecule has 0 aliphatic rings. The Balaban J connectivity index is 1.70. The van der Waals surface area contributed by atoms with Crippen LogP contribution in [0.25, 0.3) is 10.8 Å². The molecule has 0 bridgehead atoms. The van der Waals surface area contributed by atoms with Gasteiger partial charge in [-0.1, -0.05) is 42.5 Å². The molecule has 9 heteroatoms. The first-order valence-electron chi connectivity index (χ1n) is 11.1. The summed E-state index contributed by atoms with van der Waals surface area (Å²) in [6, 6.07) is 18.2. The maximum Gasteiger partial charge on any atom is 0.269 e. The molecule has 34 heavy (non-hydrogen) atoms. The summed E-state index contributed by atoms with van der Waals surface area (Å²) in [5.74, 6) is -0.628. The predicted octanol–water partition coefficient (Wildman–Crippen LogP) is 2.87. The molecule has 0 saturated heterocycles. The first-order chi connectivity index (χ1) is 16.4. The Kier molecular flexibility index (Phi) is 8.66. The van der Waals surface area contributed by atoms with Crippen molar-refractivity contribution in [2.24, 2.45) is 11.5 Å². The Morgan fingerprint density at radius 2 is 1.71 bits per heavy atom. The van der Waals surface area contributed by atoms with Crippen molar-refractivity contribution in [3.8, 4) is 0 Å². The molecular formula is C25H29N5O4. The summed E-state index contributed by atoms with van der Waals surface area (Å²) in [5, 5.41) is 18.7. The molecule has 6 N–H and O–H groups in total. The minimum absolute atomic E-state index is 0.0131. The number of nitrogens with two attached hydrogens (primary N) is 2. The van der Waals surface area contributed by atoms with Crippen LogP contribution in [0.3, 0.4) is 0 Å². The average Bonchev–Trinajstić information content (AvgIpc) is 2.82. The third-order valence-corrected chi connectivity index (χ3v) is 5.50. The smallest absolute Gasteiger partial charge is 0.269 e. The molecule has 0 aromatic heterocycles. The van der Waals surface area contributed by atoms with Crippen LogP contribution in [0, 0.1) is 10.1 Å². The van der Waals surface area contributed by atoms with Crippen LogP contribution in [0.15, 0.2) is 66.7 Å². The highest BCUT2D eigenvalue weighted by Gasteiger charge is 2.21. The molecule has 0 unspecified atom stereocenters. The molecule has 0 aliphatic heterocycles. The summed E-state index contributed by atoms with van der Waals surface area (Å²) < 4.78 is 0. The van der Waals surface area contributed by atoms with Gasteiger partial charge in [-0.2, -0.15) is 0 Å². The van der Waals surface area contributed by atoms with Crippen LogP contribution in [0.5, 0.6) is 0 Å². The number of nitrogens with zero attached hydrogens (tertiary/aromatic N) is 1. The molecule has 0 heterocycles. The van der Waals surface area contributed by atoms with Gasteiger partial charge in [0.2, 0.25) is 11.8 Å². The summed E-state index contributed by atoms with van der Waals surface area (Å²) in [6.45, 7) is 0.432. The fourth-order valence-electron chi connectivity index (χ4n) is 3.69. The van der Waals surface area contributed by atoms with E-state index in [0.29, 0.717) is 31.5 Å². The lowest BCUT2D eigenvalue weighted by molar-refractivity contribution is -0.384. The molecule has 0 saturated carbocycles. The summed E-state index contributed by atoms with van der Waals surface area (Å²) in [5.41, 5.74) is 12.8. The molecular weight excluding hydrogens is 434 g/mol. The van der Waals surface area contributed by atoms with E-state index in [9.17, 15) is 19.7 Å². The molecule has 0 aliphatic carbocycles. The van der Waals surface area contributed by atoms with Crippen LogP contribution in [-0.4, -0.2) is 35.4 Å². The van der Waals surface area contributed by atoms with Gasteiger partial charge in [-0.3, -0.25) is 19.7 Å². The molecule has 2 amide bonds. The summed E-state index contributed by atoms with van der Waals surface area (Å²) in [7, 11) is 0. The Morgan fingerprint density at radius 3 is 2.38 bits per heavy atom. The Morgan fingerprint density at radius 1 is 1.00 bits per heavy atom. The summed E-state index contributed by atoms with van der Waals surface area (Å²) >= 11 is 0. The van der Waals surface area contributed by atoms with Crippen LogP contribution < -0.4 is 22.1 Å². The second-order valence-electron chi connectivity index (χ2n) is 8.18. The number of benzene rings is 3. The number of hydrogen-bond acceptors (Lipinski definition) is 6. The topological polar surface area (TPSA) is 153 Å². The lowest BCUT2D eigenvalue weighted by atomic mass is 10.0. The Labute approximate surface area is 197 Å². The van der Waals surface area contributed by atoms with E-state index in [2.05, 4.69) is 10.6 Å². The van der Waals surface area contributed by atoms with Gasteiger partial charge in [0.15, 0.2) is 0 Å². The predicted molar refractivity (Wildman–Crippen MR) is 132 cm³/mol. The fourth-order valence-corrected chi connectivity index (χ4v) is 3.69. The van der Waals surface area contributed by atoms with E-state index in [1.54, 1.807) is 12.1 Å². The van der Waals surface area contributed by atoms with E-state index in [1.807, 2.05) is 42.5 Å². The van der Waals surface area contributed by atoms with Crippen LogP contribution >= 0.6 is 0 Å². The van der Waals surface area contributed by atoms with Gasteiger partial charge < -0.3 is 22.1 Å². The van der Waals surface area contributed by atoms with Crippen molar-refractivity contribution >= 4 is 34.0 Å². The van der Waals surface area contributed by atoms with Gasteiger partial charge in [-0.25, -0.2) is 0 Å². The zero-order valence-electron chi connectivity index (χ0n) is 18.8. The van der Waals surface area contributed by atoms with Gasteiger partial charge in [0.05, 0.1) is 11.0 Å². The van der Waals surface area contributed by atoms with E-state index in [1.165, 1.54) is 12.1 Å². The van der Waals surface area contributed by atoms with Crippen molar-refractivity contribution in [3.63, 3.8) is 0 Å². The van der Waals surface area contributed by atoms with E-state index in [4.69, 9.17) is 11.5 Å².